The Morgan fingerprint density at radius 3 is 2.68 bits per heavy atom. The highest BCUT2D eigenvalue weighted by molar-refractivity contribution is 6.05. The molecule has 0 saturated carbocycles. The van der Waals surface area contributed by atoms with Gasteiger partial charge >= 0.3 is 0 Å². The van der Waals surface area contributed by atoms with E-state index in [0.29, 0.717) is 24.2 Å². The highest BCUT2D eigenvalue weighted by atomic mass is 16.2. The van der Waals surface area contributed by atoms with Crippen LogP contribution in [0.4, 0.5) is 0 Å². The fourth-order valence-corrected chi connectivity index (χ4v) is 4.03. The molecular weight excluding hydrogens is 354 g/mol. The van der Waals surface area contributed by atoms with Crippen molar-refractivity contribution in [2.45, 2.75) is 18.8 Å². The molecule has 140 valence electrons. The number of aromatic nitrogens is 4. The zero-order valence-electron chi connectivity index (χ0n) is 15.2. The van der Waals surface area contributed by atoms with Crippen LogP contribution in [-0.4, -0.2) is 43.5 Å². The van der Waals surface area contributed by atoms with E-state index in [-0.39, 0.29) is 17.4 Å². The van der Waals surface area contributed by atoms with Crippen LogP contribution in [0.25, 0.3) is 16.6 Å². The number of carbonyl (C=O) groups excluding carboxylic acids is 1. The van der Waals surface area contributed by atoms with Gasteiger partial charge in [-0.05, 0) is 31.0 Å². The van der Waals surface area contributed by atoms with Crippen molar-refractivity contribution in [2.75, 3.05) is 13.1 Å². The predicted molar refractivity (Wildman–Crippen MR) is 105 cm³/mol. The lowest BCUT2D eigenvalue weighted by atomic mass is 9.95. The lowest BCUT2D eigenvalue weighted by Gasteiger charge is -2.31. The third kappa shape index (κ3) is 2.76. The van der Waals surface area contributed by atoms with Gasteiger partial charge in [-0.3, -0.25) is 14.0 Å². The molecule has 3 aromatic heterocycles. The monoisotopic (exact) mass is 373 g/mol. The molecule has 0 unspecified atom stereocenters. The highest BCUT2D eigenvalue weighted by Crippen LogP contribution is 2.28. The predicted octanol–water partition coefficient (Wildman–Crippen LogP) is 2.59. The summed E-state index contributed by atoms with van der Waals surface area (Å²) in [7, 11) is 0. The second-order valence-electron chi connectivity index (χ2n) is 7.15. The van der Waals surface area contributed by atoms with Crippen LogP contribution in [0.2, 0.25) is 0 Å². The smallest absolute Gasteiger partial charge is 0.254 e. The molecular formula is C21H19N5O2. The average Bonchev–Trinajstić information content (AvgIpc) is 3.17. The molecule has 1 aliphatic heterocycles. The Balaban J connectivity index is 1.39. The third-order valence-electron chi connectivity index (χ3n) is 5.47. The van der Waals surface area contributed by atoms with E-state index < -0.39 is 0 Å². The molecule has 4 heterocycles. The van der Waals surface area contributed by atoms with Gasteiger partial charge in [-0.2, -0.15) is 0 Å². The zero-order valence-corrected chi connectivity index (χ0v) is 15.2. The van der Waals surface area contributed by atoms with E-state index in [1.54, 1.807) is 0 Å². The number of benzene rings is 1. The van der Waals surface area contributed by atoms with Gasteiger partial charge in [0.2, 0.25) is 5.56 Å². The van der Waals surface area contributed by atoms with Crippen LogP contribution in [0, 0.1) is 0 Å². The first kappa shape index (κ1) is 16.7. The molecule has 0 atom stereocenters. The number of carbonyl (C=O) groups is 1. The molecule has 1 aromatic carbocycles. The molecule has 0 radical (unpaired) electrons. The van der Waals surface area contributed by atoms with Crippen molar-refractivity contribution in [2.24, 2.45) is 0 Å². The maximum Gasteiger partial charge on any atom is 0.254 e. The molecule has 1 aliphatic rings. The summed E-state index contributed by atoms with van der Waals surface area (Å²) in [6, 6.07) is 14.7. The Kier molecular flexibility index (Phi) is 3.93. The van der Waals surface area contributed by atoms with Gasteiger partial charge in [0.05, 0.1) is 5.56 Å². The Bertz CT molecular complexity index is 1230. The molecule has 1 N–H and O–H groups in total. The summed E-state index contributed by atoms with van der Waals surface area (Å²) in [4.78, 5) is 29.7. The Hall–Kier alpha value is -3.48. The normalized spacial score (nSPS) is 15.4. The number of hydrogen-bond donors (Lipinski definition) is 1. The lowest BCUT2D eigenvalue weighted by molar-refractivity contribution is 0.0712. The first-order valence-electron chi connectivity index (χ1n) is 9.42. The fraction of sp³-hybridized carbons (Fsp3) is 0.238. The second-order valence-corrected chi connectivity index (χ2v) is 7.15. The minimum atomic E-state index is -0.258. The lowest BCUT2D eigenvalue weighted by Crippen LogP contribution is -2.38. The van der Waals surface area contributed by atoms with Crippen LogP contribution in [0.15, 0.2) is 59.5 Å². The molecule has 5 rings (SSSR count). The van der Waals surface area contributed by atoms with Crippen LogP contribution in [0.5, 0.6) is 0 Å². The summed E-state index contributed by atoms with van der Waals surface area (Å²) >= 11 is 0. The largest absolute Gasteiger partial charge is 0.339 e. The Labute approximate surface area is 160 Å². The van der Waals surface area contributed by atoms with Crippen molar-refractivity contribution < 1.29 is 4.79 Å². The summed E-state index contributed by atoms with van der Waals surface area (Å²) in [5, 5.41) is 9.37. The van der Waals surface area contributed by atoms with Crippen LogP contribution < -0.4 is 5.56 Å². The van der Waals surface area contributed by atoms with Gasteiger partial charge in [-0.15, -0.1) is 10.2 Å². The standard InChI is InChI=1S/C21H19N5O2/c27-19-13-16(15-5-1-2-6-17(15)22-19)21(28)25-11-8-14(9-12-25)20-24-23-18-7-3-4-10-26(18)20/h1-7,10,13-14H,8-9,11-12H2,(H,22,27). The number of amides is 1. The molecule has 1 fully saturated rings. The van der Waals surface area contributed by atoms with E-state index in [9.17, 15) is 9.59 Å². The van der Waals surface area contributed by atoms with Gasteiger partial charge in [0, 0.05) is 42.2 Å². The number of piperidine rings is 1. The fourth-order valence-electron chi connectivity index (χ4n) is 4.03. The van der Waals surface area contributed by atoms with Crippen LogP contribution in [0.1, 0.15) is 34.9 Å². The van der Waals surface area contributed by atoms with Gasteiger partial charge in [0.25, 0.3) is 5.91 Å². The summed E-state index contributed by atoms with van der Waals surface area (Å²) < 4.78 is 2.02. The first-order valence-corrected chi connectivity index (χ1v) is 9.42. The van der Waals surface area contributed by atoms with Crippen molar-refractivity contribution in [1.82, 2.24) is 24.5 Å². The van der Waals surface area contributed by atoms with E-state index >= 15 is 0 Å². The van der Waals surface area contributed by atoms with E-state index in [1.165, 1.54) is 6.07 Å². The number of nitrogens with zero attached hydrogens (tertiary/aromatic N) is 4. The van der Waals surface area contributed by atoms with Crippen LogP contribution in [-0.2, 0) is 0 Å². The van der Waals surface area contributed by atoms with Gasteiger partial charge < -0.3 is 9.88 Å². The molecule has 7 nitrogen and oxygen atoms in total. The van der Waals surface area contributed by atoms with Crippen molar-refractivity contribution in [3.05, 3.63) is 76.5 Å². The van der Waals surface area contributed by atoms with E-state index in [0.717, 1.165) is 29.7 Å². The molecule has 0 aliphatic carbocycles. The zero-order chi connectivity index (χ0) is 19.1. The topological polar surface area (TPSA) is 83.4 Å². The minimum absolute atomic E-state index is 0.0909. The summed E-state index contributed by atoms with van der Waals surface area (Å²) in [6.07, 6.45) is 3.62. The van der Waals surface area contributed by atoms with Crippen molar-refractivity contribution in [1.29, 1.82) is 0 Å². The molecule has 7 heteroatoms. The number of likely N-dealkylation sites (tertiary alicyclic amines) is 1. The van der Waals surface area contributed by atoms with Gasteiger partial charge in [0.1, 0.15) is 5.82 Å². The number of hydrogen-bond acceptors (Lipinski definition) is 4. The highest BCUT2D eigenvalue weighted by Gasteiger charge is 2.28. The number of pyridine rings is 2. The molecule has 28 heavy (non-hydrogen) atoms. The molecule has 0 bridgehead atoms. The SMILES string of the molecule is O=C(c1cc(=O)[nH]c2ccccc12)N1CCC(c2nnc3ccccn23)CC1. The van der Waals surface area contributed by atoms with E-state index in [1.807, 2.05) is 58.0 Å². The van der Waals surface area contributed by atoms with E-state index in [4.69, 9.17) is 0 Å². The van der Waals surface area contributed by atoms with Crippen molar-refractivity contribution >= 4 is 22.5 Å². The quantitative estimate of drug-likeness (QED) is 0.585. The number of fused-ring (bicyclic) bond motifs is 2. The van der Waals surface area contributed by atoms with Crippen LogP contribution >= 0.6 is 0 Å². The average molecular weight is 373 g/mol. The van der Waals surface area contributed by atoms with Crippen LogP contribution in [0.3, 0.4) is 0 Å². The maximum absolute atomic E-state index is 13.1. The van der Waals surface area contributed by atoms with Gasteiger partial charge in [0.15, 0.2) is 5.65 Å². The Morgan fingerprint density at radius 2 is 1.82 bits per heavy atom. The first-order chi connectivity index (χ1) is 13.7. The van der Waals surface area contributed by atoms with Gasteiger partial charge in [-0.1, -0.05) is 24.3 Å². The number of para-hydroxylation sites is 1. The number of aromatic amines is 1. The maximum atomic E-state index is 13.1. The number of nitrogens with one attached hydrogen (secondary N) is 1. The molecule has 1 amide bonds. The van der Waals surface area contributed by atoms with Crippen molar-refractivity contribution in [3.63, 3.8) is 0 Å². The number of rotatable bonds is 2. The Morgan fingerprint density at radius 1 is 1.04 bits per heavy atom. The second kappa shape index (κ2) is 6.60. The molecule has 0 spiro atoms. The third-order valence-corrected chi connectivity index (χ3v) is 5.47. The molecule has 1 saturated heterocycles. The summed E-state index contributed by atoms with van der Waals surface area (Å²) in [5.74, 6) is 1.12. The minimum Gasteiger partial charge on any atom is -0.339 e. The summed E-state index contributed by atoms with van der Waals surface area (Å²) in [5.41, 5.74) is 1.73. The molecule has 4 aromatic rings. The van der Waals surface area contributed by atoms with Crippen molar-refractivity contribution in [3.8, 4) is 0 Å². The van der Waals surface area contributed by atoms with Gasteiger partial charge in [-0.25, -0.2) is 0 Å². The number of H-pyrrole nitrogens is 1. The van der Waals surface area contributed by atoms with E-state index in [2.05, 4.69) is 15.2 Å². The summed E-state index contributed by atoms with van der Waals surface area (Å²) in [6.45, 7) is 1.26.